The highest BCUT2D eigenvalue weighted by molar-refractivity contribution is 5.91. The van der Waals surface area contributed by atoms with Gasteiger partial charge in [-0.05, 0) is 37.6 Å². The quantitative estimate of drug-likeness (QED) is 0.391. The van der Waals surface area contributed by atoms with Crippen LogP contribution in [-0.4, -0.2) is 21.1 Å². The number of aryl methyl sites for hydroxylation is 2. The molecule has 0 unspecified atom stereocenters. The second-order valence-electron chi connectivity index (χ2n) is 5.70. The number of hydrogen-bond donors (Lipinski definition) is 0. The van der Waals surface area contributed by atoms with Crippen molar-refractivity contribution in [2.75, 3.05) is 0 Å². The van der Waals surface area contributed by atoms with Gasteiger partial charge < -0.3 is 9.15 Å². The fourth-order valence-corrected chi connectivity index (χ4v) is 2.40. The molecule has 0 amide bonds. The SMILES string of the molecule is Cc1ccc(C(=O)OCc2nnc(-c3ccc([N+](=O)[O-])cc3)o2)c(C)c1. The molecule has 0 saturated carbocycles. The fraction of sp³-hybridized carbons (Fsp3) is 0.167. The number of carbonyl (C=O) groups is 1. The Balaban J connectivity index is 1.66. The molecule has 1 heterocycles. The standard InChI is InChI=1S/C18H15N3O5/c1-11-3-8-15(12(2)9-11)18(22)25-10-16-19-20-17(26-16)13-4-6-14(7-5-13)21(23)24/h3-9H,10H2,1-2H3. The Morgan fingerprint density at radius 2 is 1.88 bits per heavy atom. The molecular weight excluding hydrogens is 338 g/mol. The van der Waals surface area contributed by atoms with Gasteiger partial charge in [-0.3, -0.25) is 10.1 Å². The van der Waals surface area contributed by atoms with Crippen molar-refractivity contribution in [1.82, 2.24) is 10.2 Å². The topological polar surface area (TPSA) is 108 Å². The van der Waals surface area contributed by atoms with E-state index in [1.54, 1.807) is 6.07 Å². The van der Waals surface area contributed by atoms with Crippen LogP contribution in [0.1, 0.15) is 27.4 Å². The van der Waals surface area contributed by atoms with Gasteiger partial charge in [0.15, 0.2) is 6.61 Å². The van der Waals surface area contributed by atoms with Crippen LogP contribution >= 0.6 is 0 Å². The van der Waals surface area contributed by atoms with Crippen molar-refractivity contribution < 1.29 is 18.9 Å². The van der Waals surface area contributed by atoms with Gasteiger partial charge in [0.05, 0.1) is 10.5 Å². The van der Waals surface area contributed by atoms with E-state index in [1.807, 2.05) is 26.0 Å². The van der Waals surface area contributed by atoms with Crippen LogP contribution in [0.4, 0.5) is 5.69 Å². The third-order valence-electron chi connectivity index (χ3n) is 3.72. The van der Waals surface area contributed by atoms with Crippen molar-refractivity contribution in [3.8, 4) is 11.5 Å². The molecule has 0 aliphatic heterocycles. The van der Waals surface area contributed by atoms with Gasteiger partial charge in [0.1, 0.15) is 0 Å². The van der Waals surface area contributed by atoms with Crippen molar-refractivity contribution in [3.63, 3.8) is 0 Å². The van der Waals surface area contributed by atoms with E-state index in [4.69, 9.17) is 9.15 Å². The van der Waals surface area contributed by atoms with Crippen molar-refractivity contribution in [1.29, 1.82) is 0 Å². The van der Waals surface area contributed by atoms with Gasteiger partial charge in [-0.1, -0.05) is 17.7 Å². The van der Waals surface area contributed by atoms with E-state index in [-0.39, 0.29) is 24.1 Å². The van der Waals surface area contributed by atoms with Crippen LogP contribution in [0.15, 0.2) is 46.9 Å². The summed E-state index contributed by atoms with van der Waals surface area (Å²) < 4.78 is 10.6. The van der Waals surface area contributed by atoms with Crippen molar-refractivity contribution in [3.05, 3.63) is 75.2 Å². The molecule has 0 bridgehead atoms. The lowest BCUT2D eigenvalue weighted by atomic mass is 10.1. The molecule has 3 aromatic rings. The summed E-state index contributed by atoms with van der Waals surface area (Å²) in [7, 11) is 0. The largest absolute Gasteiger partial charge is 0.452 e. The Hall–Kier alpha value is -3.55. The average molecular weight is 353 g/mol. The summed E-state index contributed by atoms with van der Waals surface area (Å²) in [6.45, 7) is 3.62. The van der Waals surface area contributed by atoms with Crippen LogP contribution in [0, 0.1) is 24.0 Å². The van der Waals surface area contributed by atoms with Crippen LogP contribution < -0.4 is 0 Å². The number of nitro groups is 1. The van der Waals surface area contributed by atoms with Gasteiger partial charge >= 0.3 is 5.97 Å². The van der Waals surface area contributed by atoms with Crippen molar-refractivity contribution in [2.45, 2.75) is 20.5 Å². The van der Waals surface area contributed by atoms with Crippen molar-refractivity contribution >= 4 is 11.7 Å². The summed E-state index contributed by atoms with van der Waals surface area (Å²) >= 11 is 0. The number of rotatable bonds is 5. The summed E-state index contributed by atoms with van der Waals surface area (Å²) in [5, 5.41) is 18.4. The molecule has 0 fully saturated rings. The molecule has 1 aromatic heterocycles. The van der Waals surface area contributed by atoms with E-state index in [0.29, 0.717) is 11.1 Å². The summed E-state index contributed by atoms with van der Waals surface area (Å²) in [6.07, 6.45) is 0. The van der Waals surface area contributed by atoms with Gasteiger partial charge in [-0.25, -0.2) is 4.79 Å². The van der Waals surface area contributed by atoms with E-state index >= 15 is 0 Å². The van der Waals surface area contributed by atoms with E-state index in [2.05, 4.69) is 10.2 Å². The third kappa shape index (κ3) is 3.75. The first-order valence-electron chi connectivity index (χ1n) is 7.75. The highest BCUT2D eigenvalue weighted by Crippen LogP contribution is 2.21. The Kier molecular flexibility index (Phi) is 4.74. The monoisotopic (exact) mass is 353 g/mol. The van der Waals surface area contributed by atoms with Crippen LogP contribution in [0.3, 0.4) is 0 Å². The van der Waals surface area contributed by atoms with E-state index in [0.717, 1.165) is 11.1 Å². The Morgan fingerprint density at radius 3 is 2.54 bits per heavy atom. The number of carbonyl (C=O) groups excluding carboxylic acids is 1. The molecule has 0 aliphatic carbocycles. The predicted molar refractivity (Wildman–Crippen MR) is 91.4 cm³/mol. The number of nitrogens with zero attached hydrogens (tertiary/aromatic N) is 3. The molecular formula is C18H15N3O5. The zero-order chi connectivity index (χ0) is 18.7. The van der Waals surface area contributed by atoms with Crippen molar-refractivity contribution in [2.24, 2.45) is 0 Å². The minimum Gasteiger partial charge on any atom is -0.452 e. The molecule has 8 nitrogen and oxygen atoms in total. The molecule has 0 atom stereocenters. The smallest absolute Gasteiger partial charge is 0.338 e. The molecule has 3 rings (SSSR count). The van der Waals surface area contributed by atoms with Gasteiger partial charge in [0.25, 0.3) is 11.6 Å². The molecule has 0 spiro atoms. The highest BCUT2D eigenvalue weighted by atomic mass is 16.6. The summed E-state index contributed by atoms with van der Waals surface area (Å²) in [4.78, 5) is 22.3. The maximum Gasteiger partial charge on any atom is 0.338 e. The number of benzene rings is 2. The molecule has 0 aliphatic rings. The third-order valence-corrected chi connectivity index (χ3v) is 3.72. The average Bonchev–Trinajstić information content (AvgIpc) is 3.09. The Labute approximate surface area is 148 Å². The fourth-order valence-electron chi connectivity index (χ4n) is 2.40. The molecule has 132 valence electrons. The molecule has 2 aromatic carbocycles. The van der Waals surface area contributed by atoms with Gasteiger partial charge in [-0.15, -0.1) is 10.2 Å². The lowest BCUT2D eigenvalue weighted by Crippen LogP contribution is -2.07. The maximum absolute atomic E-state index is 12.2. The lowest BCUT2D eigenvalue weighted by Gasteiger charge is -2.06. The normalized spacial score (nSPS) is 10.5. The van der Waals surface area contributed by atoms with Gasteiger partial charge in [-0.2, -0.15) is 0 Å². The summed E-state index contributed by atoms with van der Waals surface area (Å²) in [6, 6.07) is 11.2. The number of ether oxygens (including phenoxy) is 1. The van der Waals surface area contributed by atoms with Crippen LogP contribution in [0.2, 0.25) is 0 Å². The number of non-ortho nitro benzene ring substituents is 1. The maximum atomic E-state index is 12.2. The van der Waals surface area contributed by atoms with Gasteiger partial charge in [0.2, 0.25) is 5.89 Å². The lowest BCUT2D eigenvalue weighted by molar-refractivity contribution is -0.384. The number of hydrogen-bond acceptors (Lipinski definition) is 7. The van der Waals surface area contributed by atoms with E-state index in [1.165, 1.54) is 24.3 Å². The minimum atomic E-state index is -0.491. The number of aromatic nitrogens is 2. The highest BCUT2D eigenvalue weighted by Gasteiger charge is 2.15. The van der Waals surface area contributed by atoms with Crippen LogP contribution in [0.25, 0.3) is 11.5 Å². The van der Waals surface area contributed by atoms with E-state index in [9.17, 15) is 14.9 Å². The minimum absolute atomic E-state index is 0.0316. The Bertz CT molecular complexity index is 963. The Morgan fingerprint density at radius 1 is 1.15 bits per heavy atom. The summed E-state index contributed by atoms with van der Waals surface area (Å²) in [5.41, 5.74) is 2.87. The first kappa shape index (κ1) is 17.3. The molecule has 0 N–H and O–H groups in total. The number of nitro benzene ring substituents is 1. The summed E-state index contributed by atoms with van der Waals surface area (Å²) in [5.74, 6) is -0.147. The van der Waals surface area contributed by atoms with Crippen LogP contribution in [-0.2, 0) is 11.3 Å². The number of esters is 1. The molecule has 0 radical (unpaired) electrons. The second kappa shape index (κ2) is 7.14. The zero-order valence-electron chi connectivity index (χ0n) is 14.1. The predicted octanol–water partition coefficient (Wildman–Crippen LogP) is 3.62. The molecule has 26 heavy (non-hydrogen) atoms. The van der Waals surface area contributed by atoms with Crippen LogP contribution in [0.5, 0.6) is 0 Å². The molecule has 8 heteroatoms. The van der Waals surface area contributed by atoms with E-state index < -0.39 is 10.9 Å². The first-order chi connectivity index (χ1) is 12.4. The second-order valence-corrected chi connectivity index (χ2v) is 5.70. The first-order valence-corrected chi connectivity index (χ1v) is 7.75. The zero-order valence-corrected chi connectivity index (χ0v) is 14.1. The van der Waals surface area contributed by atoms with Gasteiger partial charge in [0, 0.05) is 17.7 Å². The molecule has 0 saturated heterocycles.